The summed E-state index contributed by atoms with van der Waals surface area (Å²) in [5.41, 5.74) is 0.240. The lowest BCUT2D eigenvalue weighted by Gasteiger charge is -2.07. The zero-order valence-electron chi connectivity index (χ0n) is 10.9. The van der Waals surface area contributed by atoms with E-state index in [9.17, 15) is 14.9 Å². The average molecular weight is 274 g/mol. The molecule has 0 aliphatic carbocycles. The molecule has 0 bridgehead atoms. The molecule has 0 atom stereocenters. The molecule has 0 radical (unpaired) electrons. The van der Waals surface area contributed by atoms with Gasteiger partial charge in [-0.25, -0.2) is 4.98 Å². The van der Waals surface area contributed by atoms with Gasteiger partial charge in [0.15, 0.2) is 0 Å². The van der Waals surface area contributed by atoms with Crippen molar-refractivity contribution in [1.82, 2.24) is 9.55 Å². The molecular formula is C13H14N4O3. The SMILES string of the molecule is CCNc1cccc(Cn2cc([N+](=O)[O-])ccc2=O)n1. The molecule has 0 saturated heterocycles. The van der Waals surface area contributed by atoms with Crippen LogP contribution in [0.25, 0.3) is 0 Å². The van der Waals surface area contributed by atoms with Crippen LogP contribution in [0.4, 0.5) is 11.5 Å². The Labute approximate surface area is 115 Å². The second kappa shape index (κ2) is 5.96. The largest absolute Gasteiger partial charge is 0.370 e. The van der Waals surface area contributed by atoms with Gasteiger partial charge in [0.2, 0.25) is 0 Å². The summed E-state index contributed by atoms with van der Waals surface area (Å²) in [5.74, 6) is 0.712. The molecule has 0 aliphatic heterocycles. The van der Waals surface area contributed by atoms with E-state index < -0.39 is 4.92 Å². The van der Waals surface area contributed by atoms with Crippen molar-refractivity contribution < 1.29 is 4.92 Å². The third kappa shape index (κ3) is 3.19. The molecule has 2 heterocycles. The van der Waals surface area contributed by atoms with Crippen LogP contribution in [0.3, 0.4) is 0 Å². The summed E-state index contributed by atoms with van der Waals surface area (Å²) in [6.07, 6.45) is 1.23. The number of nitro groups is 1. The summed E-state index contributed by atoms with van der Waals surface area (Å²) in [6, 6.07) is 7.80. The van der Waals surface area contributed by atoms with Gasteiger partial charge in [0, 0.05) is 18.7 Å². The van der Waals surface area contributed by atoms with E-state index in [0.29, 0.717) is 11.5 Å². The summed E-state index contributed by atoms with van der Waals surface area (Å²) in [7, 11) is 0. The highest BCUT2D eigenvalue weighted by molar-refractivity contribution is 5.35. The van der Waals surface area contributed by atoms with E-state index in [2.05, 4.69) is 10.3 Å². The predicted octanol–water partition coefficient (Wildman–Crippen LogP) is 1.63. The van der Waals surface area contributed by atoms with E-state index in [0.717, 1.165) is 6.54 Å². The van der Waals surface area contributed by atoms with Gasteiger partial charge in [0.1, 0.15) is 5.82 Å². The van der Waals surface area contributed by atoms with Gasteiger partial charge in [-0.05, 0) is 19.1 Å². The molecule has 7 nitrogen and oxygen atoms in total. The topological polar surface area (TPSA) is 90.1 Å². The number of hydrogen-bond acceptors (Lipinski definition) is 5. The molecule has 2 aromatic heterocycles. The molecular weight excluding hydrogens is 260 g/mol. The van der Waals surface area contributed by atoms with E-state index in [1.54, 1.807) is 6.07 Å². The molecule has 1 N–H and O–H groups in total. The van der Waals surface area contributed by atoms with Crippen LogP contribution in [-0.4, -0.2) is 21.0 Å². The highest BCUT2D eigenvalue weighted by Gasteiger charge is 2.08. The zero-order chi connectivity index (χ0) is 14.5. The fourth-order valence-electron chi connectivity index (χ4n) is 1.77. The quantitative estimate of drug-likeness (QED) is 0.661. The molecule has 0 aliphatic rings. The Balaban J connectivity index is 2.29. The van der Waals surface area contributed by atoms with Gasteiger partial charge in [-0.2, -0.15) is 0 Å². The van der Waals surface area contributed by atoms with Gasteiger partial charge >= 0.3 is 0 Å². The fourth-order valence-corrected chi connectivity index (χ4v) is 1.77. The van der Waals surface area contributed by atoms with Crippen LogP contribution in [-0.2, 0) is 6.54 Å². The van der Waals surface area contributed by atoms with Gasteiger partial charge in [-0.3, -0.25) is 14.9 Å². The van der Waals surface area contributed by atoms with Crippen molar-refractivity contribution >= 4 is 11.5 Å². The summed E-state index contributed by atoms with van der Waals surface area (Å²) in [6.45, 7) is 2.90. The van der Waals surface area contributed by atoms with Crippen LogP contribution in [0, 0.1) is 10.1 Å². The Kier molecular flexibility index (Phi) is 4.09. The van der Waals surface area contributed by atoms with Crippen molar-refractivity contribution in [1.29, 1.82) is 0 Å². The van der Waals surface area contributed by atoms with E-state index in [-0.39, 0.29) is 17.8 Å². The van der Waals surface area contributed by atoms with Crippen molar-refractivity contribution in [2.45, 2.75) is 13.5 Å². The summed E-state index contributed by atoms with van der Waals surface area (Å²) < 4.78 is 1.27. The highest BCUT2D eigenvalue weighted by atomic mass is 16.6. The molecule has 104 valence electrons. The molecule has 0 amide bonds. The lowest BCUT2D eigenvalue weighted by molar-refractivity contribution is -0.385. The fraction of sp³-hybridized carbons (Fsp3) is 0.231. The zero-order valence-corrected chi connectivity index (χ0v) is 10.9. The summed E-state index contributed by atoms with van der Waals surface area (Å²) in [5, 5.41) is 13.8. The highest BCUT2D eigenvalue weighted by Crippen LogP contribution is 2.09. The first-order valence-electron chi connectivity index (χ1n) is 6.15. The minimum atomic E-state index is -0.529. The monoisotopic (exact) mass is 274 g/mol. The number of nitrogens with zero attached hydrogens (tertiary/aromatic N) is 3. The maximum atomic E-state index is 11.7. The van der Waals surface area contributed by atoms with Gasteiger partial charge in [-0.1, -0.05) is 6.07 Å². The third-order valence-electron chi connectivity index (χ3n) is 2.68. The molecule has 2 rings (SSSR count). The minimum Gasteiger partial charge on any atom is -0.370 e. The Morgan fingerprint density at radius 1 is 1.35 bits per heavy atom. The smallest absolute Gasteiger partial charge is 0.285 e. The number of nitrogens with one attached hydrogen (secondary N) is 1. The molecule has 0 aromatic carbocycles. The van der Waals surface area contributed by atoms with Crippen molar-refractivity contribution in [2.24, 2.45) is 0 Å². The van der Waals surface area contributed by atoms with Crippen molar-refractivity contribution in [3.8, 4) is 0 Å². The molecule has 0 spiro atoms. The van der Waals surface area contributed by atoms with Crippen LogP contribution in [0.2, 0.25) is 0 Å². The first-order valence-corrected chi connectivity index (χ1v) is 6.15. The van der Waals surface area contributed by atoms with E-state index in [1.807, 2.05) is 19.1 Å². The van der Waals surface area contributed by atoms with Gasteiger partial charge in [-0.15, -0.1) is 0 Å². The van der Waals surface area contributed by atoms with Crippen LogP contribution in [0.5, 0.6) is 0 Å². The number of hydrogen-bond donors (Lipinski definition) is 1. The lowest BCUT2D eigenvalue weighted by atomic mass is 10.3. The van der Waals surface area contributed by atoms with Gasteiger partial charge < -0.3 is 9.88 Å². The standard InChI is InChI=1S/C13H14N4O3/c1-2-14-12-5-3-4-10(15-12)8-16-9-11(17(19)20)6-7-13(16)18/h3-7,9H,2,8H2,1H3,(H,14,15). The van der Waals surface area contributed by atoms with Crippen LogP contribution >= 0.6 is 0 Å². The first kappa shape index (κ1) is 13.7. The number of aromatic nitrogens is 2. The number of pyridine rings is 2. The number of rotatable bonds is 5. The van der Waals surface area contributed by atoms with E-state index in [1.165, 1.54) is 22.9 Å². The van der Waals surface area contributed by atoms with Gasteiger partial charge in [0.05, 0.1) is 23.4 Å². The predicted molar refractivity (Wildman–Crippen MR) is 74.9 cm³/mol. The Bertz CT molecular complexity index is 681. The van der Waals surface area contributed by atoms with E-state index >= 15 is 0 Å². The maximum absolute atomic E-state index is 11.7. The molecule has 7 heteroatoms. The molecule has 0 fully saturated rings. The minimum absolute atomic E-state index is 0.118. The maximum Gasteiger partial charge on any atom is 0.285 e. The number of anilines is 1. The van der Waals surface area contributed by atoms with Crippen LogP contribution in [0.1, 0.15) is 12.6 Å². The summed E-state index contributed by atoms with van der Waals surface area (Å²) >= 11 is 0. The Hall–Kier alpha value is -2.70. The Morgan fingerprint density at radius 3 is 2.85 bits per heavy atom. The second-order valence-corrected chi connectivity index (χ2v) is 4.16. The Morgan fingerprint density at radius 2 is 2.15 bits per heavy atom. The van der Waals surface area contributed by atoms with Gasteiger partial charge in [0.25, 0.3) is 11.2 Å². The molecule has 20 heavy (non-hydrogen) atoms. The third-order valence-corrected chi connectivity index (χ3v) is 2.68. The lowest BCUT2D eigenvalue weighted by Crippen LogP contribution is -2.20. The van der Waals surface area contributed by atoms with E-state index in [4.69, 9.17) is 0 Å². The average Bonchev–Trinajstić information content (AvgIpc) is 2.42. The van der Waals surface area contributed by atoms with Crippen LogP contribution < -0.4 is 10.9 Å². The first-order chi connectivity index (χ1) is 9.60. The van der Waals surface area contributed by atoms with Crippen molar-refractivity contribution in [3.63, 3.8) is 0 Å². The van der Waals surface area contributed by atoms with Crippen LogP contribution in [0.15, 0.2) is 41.3 Å². The van der Waals surface area contributed by atoms with Crippen molar-refractivity contribution in [3.05, 3.63) is 62.7 Å². The molecule has 0 saturated carbocycles. The normalized spacial score (nSPS) is 10.2. The summed E-state index contributed by atoms with van der Waals surface area (Å²) in [4.78, 5) is 26.2. The second-order valence-electron chi connectivity index (χ2n) is 4.16. The molecule has 2 aromatic rings. The molecule has 0 unspecified atom stereocenters. The van der Waals surface area contributed by atoms with Crippen molar-refractivity contribution in [2.75, 3.05) is 11.9 Å².